The van der Waals surface area contributed by atoms with Crippen LogP contribution in [0.2, 0.25) is 0 Å². The monoisotopic (exact) mass is 529 g/mol. The average molecular weight is 530 g/mol. The number of carbonyl (C=O) groups excluding carboxylic acids is 1. The highest BCUT2D eigenvalue weighted by atomic mass is 16.5. The van der Waals surface area contributed by atoms with Gasteiger partial charge in [0.25, 0.3) is 5.91 Å². The van der Waals surface area contributed by atoms with Crippen LogP contribution < -0.4 is 9.47 Å². The summed E-state index contributed by atoms with van der Waals surface area (Å²) in [6.07, 6.45) is 4.37. The molecule has 5 rings (SSSR count). The van der Waals surface area contributed by atoms with Gasteiger partial charge in [-0.25, -0.2) is 4.79 Å². The maximum atomic E-state index is 14.1. The van der Waals surface area contributed by atoms with Crippen LogP contribution in [0.1, 0.15) is 60.5 Å². The van der Waals surface area contributed by atoms with E-state index in [1.165, 1.54) is 11.3 Å². The third kappa shape index (κ3) is 6.09. The first-order valence-electron chi connectivity index (χ1n) is 13.6. The number of ether oxygens (including phenoxy) is 3. The Kier molecular flexibility index (Phi) is 8.47. The van der Waals surface area contributed by atoms with Gasteiger partial charge in [-0.2, -0.15) is 0 Å². The van der Waals surface area contributed by atoms with E-state index in [-0.39, 0.29) is 25.0 Å². The van der Waals surface area contributed by atoms with Gasteiger partial charge in [-0.15, -0.1) is 0 Å². The van der Waals surface area contributed by atoms with Crippen LogP contribution in [0.4, 0.5) is 0 Å². The quantitative estimate of drug-likeness (QED) is 0.383. The molecule has 1 aliphatic carbocycles. The predicted molar refractivity (Wildman–Crippen MR) is 147 cm³/mol. The Labute approximate surface area is 229 Å². The Morgan fingerprint density at radius 3 is 2.31 bits per heavy atom. The molecule has 0 spiro atoms. The zero-order valence-electron chi connectivity index (χ0n) is 22.3. The van der Waals surface area contributed by atoms with Crippen molar-refractivity contribution in [1.29, 1.82) is 0 Å². The van der Waals surface area contributed by atoms with Crippen LogP contribution in [0, 0.1) is 0 Å². The number of benzene rings is 3. The second-order valence-corrected chi connectivity index (χ2v) is 10.2. The zero-order chi connectivity index (χ0) is 27.2. The highest BCUT2D eigenvalue weighted by Gasteiger charge is 2.40. The summed E-state index contributed by atoms with van der Waals surface area (Å²) in [5.74, 6) is -0.325. The molecular weight excluding hydrogens is 494 g/mol. The fraction of sp³-hybridized carbons (Fsp3) is 0.375. The van der Waals surface area contributed by atoms with E-state index < -0.39 is 18.1 Å². The minimum absolute atomic E-state index is 0.0180. The van der Waals surface area contributed by atoms with Crippen LogP contribution >= 0.6 is 0 Å². The Bertz CT molecular complexity index is 1270. The van der Waals surface area contributed by atoms with E-state index in [4.69, 9.17) is 14.2 Å². The molecule has 7 nitrogen and oxygen atoms in total. The number of aliphatic carboxylic acids is 1. The molecule has 7 heteroatoms. The van der Waals surface area contributed by atoms with Crippen LogP contribution in [-0.2, 0) is 33.9 Å². The van der Waals surface area contributed by atoms with Crippen molar-refractivity contribution >= 4 is 11.9 Å². The van der Waals surface area contributed by atoms with Gasteiger partial charge in [-0.05, 0) is 35.6 Å². The van der Waals surface area contributed by atoms with Gasteiger partial charge in [0.05, 0.1) is 13.2 Å². The Hall–Kier alpha value is -3.84. The molecule has 0 bridgehead atoms. The van der Waals surface area contributed by atoms with Crippen LogP contribution in [0.15, 0.2) is 72.8 Å². The third-order valence-electron chi connectivity index (χ3n) is 7.66. The molecule has 2 unspecified atom stereocenters. The smallest absolute Gasteiger partial charge is 0.326 e. The van der Waals surface area contributed by atoms with Gasteiger partial charge < -0.3 is 24.2 Å². The van der Waals surface area contributed by atoms with Gasteiger partial charge in [-0.3, -0.25) is 4.79 Å². The first-order chi connectivity index (χ1) is 19.0. The first-order valence-corrected chi connectivity index (χ1v) is 13.6. The van der Waals surface area contributed by atoms with E-state index in [0.717, 1.165) is 47.9 Å². The van der Waals surface area contributed by atoms with Crippen LogP contribution in [-0.4, -0.2) is 41.1 Å². The molecular formula is C32H35NO6. The Morgan fingerprint density at radius 2 is 1.64 bits per heavy atom. The van der Waals surface area contributed by atoms with Gasteiger partial charge in [0, 0.05) is 18.5 Å². The average Bonchev–Trinajstić information content (AvgIpc) is 2.99. The minimum atomic E-state index is -1.06. The summed E-state index contributed by atoms with van der Waals surface area (Å²) in [6, 6.07) is 21.8. The number of nitrogens with zero attached hydrogens (tertiary/aromatic N) is 1. The normalized spacial score (nSPS) is 18.2. The van der Waals surface area contributed by atoms with Crippen LogP contribution in [0.25, 0.3) is 0 Å². The summed E-state index contributed by atoms with van der Waals surface area (Å²) in [5.41, 5.74) is 3.33. The molecule has 0 saturated heterocycles. The molecule has 39 heavy (non-hydrogen) atoms. The van der Waals surface area contributed by atoms with Gasteiger partial charge in [0.15, 0.2) is 17.6 Å². The molecule has 0 radical (unpaired) electrons. The molecule has 0 aromatic heterocycles. The summed E-state index contributed by atoms with van der Waals surface area (Å²) in [5, 5.41) is 10.3. The van der Waals surface area contributed by atoms with Crippen LogP contribution in [0.3, 0.4) is 0 Å². The Morgan fingerprint density at radius 1 is 0.949 bits per heavy atom. The van der Waals surface area contributed by atoms with Crippen molar-refractivity contribution in [3.05, 3.63) is 95.1 Å². The van der Waals surface area contributed by atoms with E-state index >= 15 is 0 Å². The zero-order valence-corrected chi connectivity index (χ0v) is 22.3. The topological polar surface area (TPSA) is 85.3 Å². The predicted octanol–water partition coefficient (Wildman–Crippen LogP) is 5.70. The highest BCUT2D eigenvalue weighted by Crippen LogP contribution is 2.40. The molecule has 204 valence electrons. The second kappa shape index (κ2) is 12.3. The SMILES string of the molecule is COc1ccc2c(c1OCc1ccccc1)CC(C(=O)O)N(C(=O)C(OC1CCCCC1)c1ccccc1)C2. The number of carbonyl (C=O) groups is 2. The fourth-order valence-corrected chi connectivity index (χ4v) is 5.57. The second-order valence-electron chi connectivity index (χ2n) is 10.2. The van der Waals surface area contributed by atoms with E-state index in [9.17, 15) is 14.7 Å². The van der Waals surface area contributed by atoms with Crippen molar-refractivity contribution in [2.45, 2.75) is 69.9 Å². The van der Waals surface area contributed by atoms with E-state index in [2.05, 4.69) is 0 Å². The Balaban J connectivity index is 1.45. The van der Waals surface area contributed by atoms with Crippen molar-refractivity contribution in [3.63, 3.8) is 0 Å². The standard InChI is InChI=1S/C32H35NO6/c1-37-28-18-17-24-20-33(27(32(35)36)19-26(24)30(28)38-21-22-11-5-2-6-12-22)31(34)29(23-13-7-3-8-14-23)39-25-15-9-4-10-16-25/h2-3,5-8,11-14,17-18,25,27,29H,4,9-10,15-16,19-21H2,1H3,(H,35,36). The number of fused-ring (bicyclic) bond motifs is 1. The first kappa shape index (κ1) is 26.8. The molecule has 2 aliphatic rings. The number of hydrogen-bond acceptors (Lipinski definition) is 5. The van der Waals surface area contributed by atoms with Crippen LogP contribution in [0.5, 0.6) is 11.5 Å². The van der Waals surface area contributed by atoms with Crippen molar-refractivity contribution in [3.8, 4) is 11.5 Å². The van der Waals surface area contributed by atoms with Crippen molar-refractivity contribution < 1.29 is 28.9 Å². The van der Waals surface area contributed by atoms with Crippen molar-refractivity contribution in [1.82, 2.24) is 4.90 Å². The lowest BCUT2D eigenvalue weighted by molar-refractivity contribution is -0.161. The molecule has 1 N–H and O–H groups in total. The highest BCUT2D eigenvalue weighted by molar-refractivity contribution is 5.88. The van der Waals surface area contributed by atoms with E-state index in [0.29, 0.717) is 18.1 Å². The molecule has 1 saturated carbocycles. The number of carboxylic acid groups (broad SMARTS) is 1. The lowest BCUT2D eigenvalue weighted by atomic mass is 9.91. The number of amides is 1. The van der Waals surface area contributed by atoms with E-state index in [1.54, 1.807) is 7.11 Å². The third-order valence-corrected chi connectivity index (χ3v) is 7.66. The fourth-order valence-electron chi connectivity index (χ4n) is 5.57. The van der Waals surface area contributed by atoms with Gasteiger partial charge in [-0.1, -0.05) is 86.0 Å². The summed E-state index contributed by atoms with van der Waals surface area (Å²) in [6.45, 7) is 0.466. The van der Waals surface area contributed by atoms with Gasteiger partial charge >= 0.3 is 5.97 Å². The van der Waals surface area contributed by atoms with Gasteiger partial charge in [0.2, 0.25) is 0 Å². The molecule has 2 atom stereocenters. The number of carboxylic acids is 1. The summed E-state index contributed by atoms with van der Waals surface area (Å²) < 4.78 is 18.2. The molecule has 1 aliphatic heterocycles. The largest absolute Gasteiger partial charge is 0.493 e. The summed E-state index contributed by atoms with van der Waals surface area (Å²) in [7, 11) is 1.57. The summed E-state index contributed by atoms with van der Waals surface area (Å²) in [4.78, 5) is 28.1. The van der Waals surface area contributed by atoms with E-state index in [1.807, 2.05) is 72.8 Å². The van der Waals surface area contributed by atoms with Gasteiger partial charge in [0.1, 0.15) is 12.6 Å². The molecule has 3 aromatic carbocycles. The number of methoxy groups -OCH3 is 1. The maximum Gasteiger partial charge on any atom is 0.326 e. The number of rotatable bonds is 9. The lowest BCUT2D eigenvalue weighted by Gasteiger charge is -2.38. The maximum absolute atomic E-state index is 14.1. The molecule has 1 amide bonds. The molecule has 1 fully saturated rings. The van der Waals surface area contributed by atoms with Crippen molar-refractivity contribution in [2.24, 2.45) is 0 Å². The minimum Gasteiger partial charge on any atom is -0.493 e. The number of hydrogen-bond donors (Lipinski definition) is 1. The summed E-state index contributed by atoms with van der Waals surface area (Å²) >= 11 is 0. The lowest BCUT2D eigenvalue weighted by Crippen LogP contribution is -2.51. The van der Waals surface area contributed by atoms with Crippen molar-refractivity contribution in [2.75, 3.05) is 7.11 Å². The molecule has 3 aromatic rings. The molecule has 1 heterocycles.